The van der Waals surface area contributed by atoms with Crippen LogP contribution >= 0.6 is 0 Å². The number of Topliss-reactive ketones (excluding diaryl/α,β-unsaturated/α-hetero) is 1. The molecule has 1 unspecified atom stereocenters. The van der Waals surface area contributed by atoms with Crippen LogP contribution in [0, 0.1) is 29.4 Å². The minimum atomic E-state index is -0.904. The number of ketones is 1. The van der Waals surface area contributed by atoms with Crippen molar-refractivity contribution in [1.29, 1.82) is 0 Å². The molecule has 1 aromatic rings. The number of carbonyl (C=O) groups excluding carboxylic acids is 3. The topological polar surface area (TPSA) is 72.5 Å². The van der Waals surface area contributed by atoms with Gasteiger partial charge in [0.25, 0.3) is 5.91 Å². The minimum Gasteiger partial charge on any atom is -0.455 e. The SMILES string of the molecule is O=C(COC(=O)C1C[C@H]2CCC[C@@H](C1)C2=O)Nc1ccc(F)cc1F. The van der Waals surface area contributed by atoms with Gasteiger partial charge in [0, 0.05) is 17.9 Å². The molecule has 2 bridgehead atoms. The summed E-state index contributed by atoms with van der Waals surface area (Å²) in [5, 5.41) is 2.23. The van der Waals surface area contributed by atoms with Crippen LogP contribution in [0.3, 0.4) is 0 Å². The number of amides is 1. The standard InChI is InChI=1S/C18H19F2NO4/c19-13-4-5-15(14(20)8-13)21-16(22)9-25-18(24)12-6-10-2-1-3-11(7-12)17(10)23/h4-5,8,10-12H,1-3,6-7,9H2,(H,21,22)/t10-,11+,12?. The van der Waals surface area contributed by atoms with E-state index in [0.717, 1.165) is 31.4 Å². The molecule has 1 amide bonds. The van der Waals surface area contributed by atoms with E-state index in [1.807, 2.05) is 0 Å². The molecular formula is C18H19F2NO4. The molecule has 7 heteroatoms. The monoisotopic (exact) mass is 351 g/mol. The van der Waals surface area contributed by atoms with Crippen molar-refractivity contribution in [2.24, 2.45) is 17.8 Å². The fraction of sp³-hybridized carbons (Fsp3) is 0.500. The Labute approximate surface area is 143 Å². The van der Waals surface area contributed by atoms with Crippen LogP contribution in [0.5, 0.6) is 0 Å². The first-order valence-electron chi connectivity index (χ1n) is 8.39. The molecule has 0 radical (unpaired) electrons. The van der Waals surface area contributed by atoms with E-state index in [2.05, 4.69) is 5.32 Å². The molecule has 3 atom stereocenters. The Kier molecular flexibility index (Phi) is 5.11. The zero-order chi connectivity index (χ0) is 18.0. The highest BCUT2D eigenvalue weighted by Crippen LogP contribution is 2.40. The van der Waals surface area contributed by atoms with Gasteiger partial charge < -0.3 is 10.1 Å². The molecule has 1 aromatic carbocycles. The molecule has 2 aliphatic carbocycles. The van der Waals surface area contributed by atoms with Gasteiger partial charge in [-0.3, -0.25) is 14.4 Å². The minimum absolute atomic E-state index is 0.0767. The maximum absolute atomic E-state index is 13.5. The molecule has 2 saturated carbocycles. The number of hydrogen-bond acceptors (Lipinski definition) is 4. The lowest BCUT2D eigenvalue weighted by molar-refractivity contribution is -0.155. The zero-order valence-electron chi connectivity index (χ0n) is 13.6. The second-order valence-electron chi connectivity index (χ2n) is 6.68. The maximum atomic E-state index is 13.5. The van der Waals surface area contributed by atoms with Gasteiger partial charge in [0.1, 0.15) is 17.4 Å². The highest BCUT2D eigenvalue weighted by Gasteiger charge is 2.41. The van der Waals surface area contributed by atoms with Crippen molar-refractivity contribution < 1.29 is 27.9 Å². The average Bonchev–Trinajstić information content (AvgIpc) is 2.55. The predicted molar refractivity (Wildman–Crippen MR) is 84.5 cm³/mol. The van der Waals surface area contributed by atoms with Crippen LogP contribution in [0.1, 0.15) is 32.1 Å². The van der Waals surface area contributed by atoms with Gasteiger partial charge in [-0.05, 0) is 37.8 Å². The van der Waals surface area contributed by atoms with Crippen LogP contribution < -0.4 is 5.32 Å². The van der Waals surface area contributed by atoms with Gasteiger partial charge in [-0.2, -0.15) is 0 Å². The third kappa shape index (κ3) is 4.03. The maximum Gasteiger partial charge on any atom is 0.309 e. The van der Waals surface area contributed by atoms with Crippen molar-refractivity contribution >= 4 is 23.3 Å². The summed E-state index contributed by atoms with van der Waals surface area (Å²) in [6.07, 6.45) is 3.58. The molecule has 0 spiro atoms. The number of nitrogens with one attached hydrogen (secondary N) is 1. The van der Waals surface area contributed by atoms with Crippen LogP contribution in [-0.2, 0) is 19.1 Å². The molecule has 0 aromatic heterocycles. The van der Waals surface area contributed by atoms with Gasteiger partial charge in [-0.1, -0.05) is 6.42 Å². The summed E-state index contributed by atoms with van der Waals surface area (Å²) < 4.78 is 31.3. The lowest BCUT2D eigenvalue weighted by Gasteiger charge is -2.36. The van der Waals surface area contributed by atoms with Crippen LogP contribution in [-0.4, -0.2) is 24.3 Å². The van der Waals surface area contributed by atoms with Crippen molar-refractivity contribution in [2.75, 3.05) is 11.9 Å². The molecule has 3 rings (SSSR count). The van der Waals surface area contributed by atoms with Crippen molar-refractivity contribution in [1.82, 2.24) is 0 Å². The Hall–Kier alpha value is -2.31. The van der Waals surface area contributed by atoms with Gasteiger partial charge in [0.15, 0.2) is 6.61 Å². The number of benzene rings is 1. The Morgan fingerprint density at radius 3 is 2.48 bits per heavy atom. The van der Waals surface area contributed by atoms with E-state index in [0.29, 0.717) is 18.9 Å². The van der Waals surface area contributed by atoms with Gasteiger partial charge >= 0.3 is 5.97 Å². The summed E-state index contributed by atoms with van der Waals surface area (Å²) in [7, 11) is 0. The summed E-state index contributed by atoms with van der Waals surface area (Å²) in [5.41, 5.74) is -0.180. The second-order valence-corrected chi connectivity index (χ2v) is 6.68. The molecule has 25 heavy (non-hydrogen) atoms. The molecule has 0 aliphatic heterocycles. The highest BCUT2D eigenvalue weighted by atomic mass is 19.1. The smallest absolute Gasteiger partial charge is 0.309 e. The number of ether oxygens (including phenoxy) is 1. The number of fused-ring (bicyclic) bond motifs is 2. The van der Waals surface area contributed by atoms with E-state index in [1.165, 1.54) is 0 Å². The molecular weight excluding hydrogens is 332 g/mol. The molecule has 1 N–H and O–H groups in total. The van der Waals surface area contributed by atoms with Crippen molar-refractivity contribution in [3.8, 4) is 0 Å². The van der Waals surface area contributed by atoms with Crippen LogP contribution in [0.2, 0.25) is 0 Å². The number of rotatable bonds is 4. The number of anilines is 1. The summed E-state index contributed by atoms with van der Waals surface area (Å²) in [5.74, 6) is -3.13. The van der Waals surface area contributed by atoms with Crippen molar-refractivity contribution in [3.63, 3.8) is 0 Å². The Balaban J connectivity index is 1.50. The van der Waals surface area contributed by atoms with Gasteiger partial charge in [-0.25, -0.2) is 8.78 Å². The zero-order valence-corrected chi connectivity index (χ0v) is 13.6. The van der Waals surface area contributed by atoms with Gasteiger partial charge in [0.05, 0.1) is 11.6 Å². The molecule has 134 valence electrons. The van der Waals surface area contributed by atoms with Crippen LogP contribution in [0.25, 0.3) is 0 Å². The molecule has 2 fully saturated rings. The number of hydrogen-bond donors (Lipinski definition) is 1. The lowest BCUT2D eigenvalue weighted by Crippen LogP contribution is -2.40. The molecule has 0 heterocycles. The summed E-state index contributed by atoms with van der Waals surface area (Å²) in [6, 6.07) is 2.76. The third-order valence-electron chi connectivity index (χ3n) is 4.93. The first-order valence-corrected chi connectivity index (χ1v) is 8.39. The lowest BCUT2D eigenvalue weighted by atomic mass is 9.67. The van der Waals surface area contributed by atoms with Crippen molar-refractivity contribution in [3.05, 3.63) is 29.8 Å². The summed E-state index contributed by atoms with van der Waals surface area (Å²) >= 11 is 0. The van der Waals surface area contributed by atoms with E-state index >= 15 is 0 Å². The van der Waals surface area contributed by atoms with Crippen LogP contribution in [0.4, 0.5) is 14.5 Å². The quantitative estimate of drug-likeness (QED) is 0.847. The number of halogens is 2. The molecule has 5 nitrogen and oxygen atoms in total. The summed E-state index contributed by atoms with van der Waals surface area (Å²) in [6.45, 7) is -0.546. The largest absolute Gasteiger partial charge is 0.455 e. The molecule has 0 saturated heterocycles. The molecule has 2 aliphatic rings. The second kappa shape index (κ2) is 7.29. The van der Waals surface area contributed by atoms with Crippen molar-refractivity contribution in [2.45, 2.75) is 32.1 Å². The number of esters is 1. The predicted octanol–water partition coefficient (Wildman–Crippen LogP) is 2.84. The Morgan fingerprint density at radius 2 is 1.84 bits per heavy atom. The van der Waals surface area contributed by atoms with E-state index < -0.39 is 30.1 Å². The van der Waals surface area contributed by atoms with E-state index in [-0.39, 0.29) is 29.2 Å². The van der Waals surface area contributed by atoms with Gasteiger partial charge in [0.2, 0.25) is 0 Å². The first kappa shape index (κ1) is 17.5. The average molecular weight is 351 g/mol. The fourth-order valence-corrected chi connectivity index (χ4v) is 3.70. The number of carbonyl (C=O) groups is 3. The van der Waals surface area contributed by atoms with Crippen LogP contribution in [0.15, 0.2) is 18.2 Å². The highest BCUT2D eigenvalue weighted by molar-refractivity contribution is 5.93. The first-order chi connectivity index (χ1) is 11.9. The third-order valence-corrected chi connectivity index (χ3v) is 4.93. The van der Waals surface area contributed by atoms with E-state index in [4.69, 9.17) is 4.74 Å². The van der Waals surface area contributed by atoms with E-state index in [9.17, 15) is 23.2 Å². The summed E-state index contributed by atoms with van der Waals surface area (Å²) in [4.78, 5) is 36.0. The Morgan fingerprint density at radius 1 is 1.16 bits per heavy atom. The van der Waals surface area contributed by atoms with E-state index in [1.54, 1.807) is 0 Å². The normalized spacial score (nSPS) is 25.4. The fourth-order valence-electron chi connectivity index (χ4n) is 3.70. The van der Waals surface area contributed by atoms with Gasteiger partial charge in [-0.15, -0.1) is 0 Å². The Bertz CT molecular complexity index is 690.